The molecule has 0 fully saturated rings. The molecule has 0 atom stereocenters. The number of anilines is 1. The van der Waals surface area contributed by atoms with Gasteiger partial charge in [0.1, 0.15) is 0 Å². The molecule has 0 amide bonds. The van der Waals surface area contributed by atoms with Crippen LogP contribution in [0.25, 0.3) is 0 Å². The first-order valence-corrected chi connectivity index (χ1v) is 9.01. The zero-order valence-electron chi connectivity index (χ0n) is 13.5. The third kappa shape index (κ3) is 5.70. The maximum atomic E-state index is 8.36. The Morgan fingerprint density at radius 1 is 1.09 bits per heavy atom. The molecule has 130 valence electrons. The molecule has 1 aromatic rings. The highest BCUT2D eigenvalue weighted by Crippen LogP contribution is 2.37. The average Bonchev–Trinajstić information content (AvgIpc) is 3.13. The van der Waals surface area contributed by atoms with Gasteiger partial charge in [-0.15, -0.1) is 0 Å². The Kier molecular flexibility index (Phi) is 8.45. The minimum Gasteiger partial charge on any atom is -0.483 e. The Hall–Kier alpha value is -0.710. The molecule has 0 aromatic carbocycles. The van der Waals surface area contributed by atoms with Crippen molar-refractivity contribution in [1.29, 1.82) is 0 Å². The molecule has 2 N–H and O–H groups in total. The second kappa shape index (κ2) is 9.55. The van der Waals surface area contributed by atoms with Crippen LogP contribution in [0.5, 0.6) is 0 Å². The fourth-order valence-corrected chi connectivity index (χ4v) is 3.19. The van der Waals surface area contributed by atoms with Gasteiger partial charge >= 0.3 is 0 Å². The lowest BCUT2D eigenvalue weighted by molar-refractivity contribution is -0.122. The van der Waals surface area contributed by atoms with E-state index in [0.717, 1.165) is 25.7 Å². The number of hydrogen-bond donors (Lipinski definition) is 2. The highest BCUT2D eigenvalue weighted by atomic mass is 35.6. The largest absolute Gasteiger partial charge is 0.483 e. The number of pyridine rings is 1. The maximum absolute atomic E-state index is 8.36. The summed E-state index contributed by atoms with van der Waals surface area (Å²) < 4.78 is -1.25. The highest BCUT2D eigenvalue weighted by molar-refractivity contribution is 6.67. The fourth-order valence-electron chi connectivity index (χ4n) is 2.99. The van der Waals surface area contributed by atoms with Gasteiger partial charge in [-0.3, -0.25) is 9.78 Å². The van der Waals surface area contributed by atoms with E-state index in [1.165, 1.54) is 41.0 Å². The van der Waals surface area contributed by atoms with Gasteiger partial charge in [0.15, 0.2) is 0 Å². The van der Waals surface area contributed by atoms with Gasteiger partial charge < -0.3 is 10.4 Å². The summed E-state index contributed by atoms with van der Waals surface area (Å²) in [5.41, 5.74) is 6.41. The van der Waals surface area contributed by atoms with Crippen LogP contribution in [0.2, 0.25) is 0 Å². The van der Waals surface area contributed by atoms with Crippen LogP contribution in [0.1, 0.15) is 49.2 Å². The summed E-state index contributed by atoms with van der Waals surface area (Å²) in [5, 5.41) is 10.2. The average molecular weight is 382 g/mol. The zero-order chi connectivity index (χ0) is 17.5. The second-order valence-corrected chi connectivity index (χ2v) is 7.63. The Balaban J connectivity index is 0.000000477. The van der Waals surface area contributed by atoms with Crippen LogP contribution >= 0.6 is 34.8 Å². The van der Waals surface area contributed by atoms with Crippen LogP contribution in [-0.4, -0.2) is 26.9 Å². The maximum Gasteiger partial charge on any atom is 0.290 e. The number of carboxylic acid groups (broad SMARTS) is 1. The molecule has 0 saturated heterocycles. The zero-order valence-corrected chi connectivity index (χ0v) is 15.7. The summed E-state index contributed by atoms with van der Waals surface area (Å²) in [6.45, 7) is 4.10. The summed E-state index contributed by atoms with van der Waals surface area (Å²) in [7, 11) is 0. The van der Waals surface area contributed by atoms with Crippen molar-refractivity contribution in [2.45, 2.75) is 56.2 Å². The number of alkyl halides is 3. The second-order valence-electron chi connectivity index (χ2n) is 5.12. The lowest BCUT2D eigenvalue weighted by Crippen LogP contribution is -2.20. The van der Waals surface area contributed by atoms with Crippen molar-refractivity contribution in [3.8, 4) is 0 Å². The molecule has 0 aliphatic heterocycles. The summed E-state index contributed by atoms with van der Waals surface area (Å²) in [6, 6.07) is 0. The molecular weight excluding hydrogens is 359 g/mol. The molecule has 0 radical (unpaired) electrons. The van der Waals surface area contributed by atoms with Crippen molar-refractivity contribution < 1.29 is 9.90 Å². The quantitative estimate of drug-likeness (QED) is 0.582. The number of halogens is 3. The highest BCUT2D eigenvalue weighted by Gasteiger charge is 2.27. The van der Waals surface area contributed by atoms with Crippen molar-refractivity contribution in [2.75, 3.05) is 11.9 Å². The first kappa shape index (κ1) is 20.3. The standard InChI is InChI=1S/C13H15Cl3N2.C2H6.CH2O2/c14-13(15,16)7-17-12-8-3-1-5-10(8)18-11-6-2-4-9(11)12;1-2;2-1-3/h1-7H2,(H,17,18);1-2H3;1H,(H,2,3). The minimum atomic E-state index is -1.25. The smallest absolute Gasteiger partial charge is 0.290 e. The van der Waals surface area contributed by atoms with Crippen LogP contribution in [0.4, 0.5) is 5.69 Å². The van der Waals surface area contributed by atoms with E-state index in [1.54, 1.807) is 0 Å². The molecule has 3 rings (SSSR count). The molecule has 23 heavy (non-hydrogen) atoms. The molecule has 4 nitrogen and oxygen atoms in total. The molecule has 0 spiro atoms. The van der Waals surface area contributed by atoms with Crippen LogP contribution in [0.3, 0.4) is 0 Å². The van der Waals surface area contributed by atoms with E-state index in [9.17, 15) is 0 Å². The summed E-state index contributed by atoms with van der Waals surface area (Å²) in [5.74, 6) is 0. The van der Waals surface area contributed by atoms with E-state index < -0.39 is 3.79 Å². The van der Waals surface area contributed by atoms with Gasteiger partial charge in [0.05, 0.1) is 6.54 Å². The first-order chi connectivity index (χ1) is 11.0. The van der Waals surface area contributed by atoms with Gasteiger partial charge in [0.2, 0.25) is 3.79 Å². The van der Waals surface area contributed by atoms with Crippen molar-refractivity contribution in [3.63, 3.8) is 0 Å². The van der Waals surface area contributed by atoms with Crippen molar-refractivity contribution in [2.24, 2.45) is 0 Å². The van der Waals surface area contributed by atoms with Gasteiger partial charge in [-0.05, 0) is 49.7 Å². The number of aryl methyl sites for hydroxylation is 2. The Morgan fingerprint density at radius 3 is 1.91 bits per heavy atom. The van der Waals surface area contributed by atoms with Gasteiger partial charge in [-0.25, -0.2) is 0 Å². The van der Waals surface area contributed by atoms with Crippen molar-refractivity contribution in [3.05, 3.63) is 22.5 Å². The molecule has 1 aromatic heterocycles. The third-order valence-electron chi connectivity index (χ3n) is 3.72. The van der Waals surface area contributed by atoms with Crippen LogP contribution < -0.4 is 5.32 Å². The van der Waals surface area contributed by atoms with Crippen LogP contribution in [0.15, 0.2) is 0 Å². The lowest BCUT2D eigenvalue weighted by Gasteiger charge is -2.19. The van der Waals surface area contributed by atoms with Gasteiger partial charge in [0, 0.05) is 17.1 Å². The summed E-state index contributed by atoms with van der Waals surface area (Å²) in [6.07, 6.45) is 6.74. The molecule has 2 aliphatic rings. The normalized spacial score (nSPS) is 14.7. The number of rotatable bonds is 2. The molecule has 1 heterocycles. The monoisotopic (exact) mass is 380 g/mol. The van der Waals surface area contributed by atoms with E-state index in [1.807, 2.05) is 13.8 Å². The van der Waals surface area contributed by atoms with Crippen LogP contribution in [0, 0.1) is 0 Å². The Morgan fingerprint density at radius 2 is 1.52 bits per heavy atom. The molecule has 2 aliphatic carbocycles. The van der Waals surface area contributed by atoms with Crippen molar-refractivity contribution in [1.82, 2.24) is 4.98 Å². The molecule has 7 heteroatoms. The number of hydrogen-bond acceptors (Lipinski definition) is 3. The van der Waals surface area contributed by atoms with Gasteiger partial charge in [-0.1, -0.05) is 48.7 Å². The third-order valence-corrected chi connectivity index (χ3v) is 4.12. The Labute approximate surface area is 152 Å². The predicted octanol–water partition coefficient (Wildman–Crippen LogP) is 4.57. The number of nitrogens with one attached hydrogen (secondary N) is 1. The fraction of sp³-hybridized carbons (Fsp3) is 0.625. The number of aromatic nitrogens is 1. The molecule has 0 bridgehead atoms. The molecular formula is C16H23Cl3N2O2. The van der Waals surface area contributed by atoms with Gasteiger partial charge in [0.25, 0.3) is 6.47 Å². The number of nitrogens with zero attached hydrogens (tertiary/aromatic N) is 1. The minimum absolute atomic E-state index is 0.250. The van der Waals surface area contributed by atoms with E-state index in [-0.39, 0.29) is 6.47 Å². The van der Waals surface area contributed by atoms with Gasteiger partial charge in [-0.2, -0.15) is 0 Å². The topological polar surface area (TPSA) is 62.2 Å². The number of carbonyl (C=O) groups is 1. The van der Waals surface area contributed by atoms with E-state index in [2.05, 4.69) is 5.32 Å². The van der Waals surface area contributed by atoms with Crippen LogP contribution in [-0.2, 0) is 30.5 Å². The molecule has 0 unspecified atom stereocenters. The van der Waals surface area contributed by atoms with Crippen molar-refractivity contribution >= 4 is 47.0 Å². The van der Waals surface area contributed by atoms with E-state index in [0.29, 0.717) is 6.54 Å². The number of fused-ring (bicyclic) bond motifs is 2. The van der Waals surface area contributed by atoms with E-state index >= 15 is 0 Å². The molecule has 0 saturated carbocycles. The predicted molar refractivity (Wildman–Crippen MR) is 97.1 cm³/mol. The van der Waals surface area contributed by atoms with E-state index in [4.69, 9.17) is 49.7 Å². The Bertz CT molecular complexity index is 499. The summed E-state index contributed by atoms with van der Waals surface area (Å²) >= 11 is 17.5. The summed E-state index contributed by atoms with van der Waals surface area (Å²) in [4.78, 5) is 13.2. The lowest BCUT2D eigenvalue weighted by atomic mass is 10.1. The SMILES string of the molecule is CC.ClC(Cl)(Cl)CNc1c2c(nc3c1CCC3)CCC2.O=CO. The first-order valence-electron chi connectivity index (χ1n) is 7.88.